The molecule has 0 saturated carbocycles. The Hall–Kier alpha value is -1.86. The normalized spacial score (nSPS) is 10.2. The van der Waals surface area contributed by atoms with Crippen LogP contribution in [0.4, 0.5) is 5.69 Å². The maximum Gasteiger partial charge on any atom is 0.368 e. The summed E-state index contributed by atoms with van der Waals surface area (Å²) in [5.41, 5.74) is -0.446. The number of hydrogen-bond donors (Lipinski definition) is 0. The molecule has 1 heterocycles. The second-order valence-electron chi connectivity index (χ2n) is 3.35. The van der Waals surface area contributed by atoms with Crippen molar-refractivity contribution in [3.05, 3.63) is 45.9 Å². The maximum atomic E-state index is 10.9. The van der Waals surface area contributed by atoms with Crippen molar-refractivity contribution < 1.29 is 9.66 Å². The first kappa shape index (κ1) is 13.6. The van der Waals surface area contributed by atoms with Crippen LogP contribution in [0.3, 0.4) is 0 Å². The first-order valence-corrected chi connectivity index (χ1v) is 6.69. The number of ether oxygens (including phenoxy) is 1. The van der Waals surface area contributed by atoms with Gasteiger partial charge in [-0.1, -0.05) is 11.6 Å². The van der Waals surface area contributed by atoms with E-state index in [1.54, 1.807) is 23.9 Å². The van der Waals surface area contributed by atoms with E-state index in [9.17, 15) is 10.1 Å². The molecule has 0 spiro atoms. The van der Waals surface area contributed by atoms with Gasteiger partial charge in [-0.25, -0.2) is 4.98 Å². The fourth-order valence-corrected chi connectivity index (χ4v) is 1.93. The first-order chi connectivity index (χ1) is 9.11. The lowest BCUT2D eigenvalue weighted by molar-refractivity contribution is -0.386. The van der Waals surface area contributed by atoms with Crippen LogP contribution in [0.2, 0.25) is 5.15 Å². The summed E-state index contributed by atoms with van der Waals surface area (Å²) in [7, 11) is 0. The number of nitrogens with zero attached hydrogens (tertiary/aromatic N) is 3. The summed E-state index contributed by atoms with van der Waals surface area (Å²) in [5, 5.41) is 10.6. The molecular formula is C11H8ClN3O3S. The van der Waals surface area contributed by atoms with Crippen molar-refractivity contribution in [2.45, 2.75) is 4.90 Å². The molecule has 0 N–H and O–H groups in total. The van der Waals surface area contributed by atoms with Crippen LogP contribution in [0.25, 0.3) is 0 Å². The molecule has 0 bridgehead atoms. The Labute approximate surface area is 117 Å². The van der Waals surface area contributed by atoms with Gasteiger partial charge in [0.1, 0.15) is 12.1 Å². The molecule has 2 rings (SSSR count). The second kappa shape index (κ2) is 5.85. The summed E-state index contributed by atoms with van der Waals surface area (Å²) in [6.07, 6.45) is 3.06. The molecule has 98 valence electrons. The van der Waals surface area contributed by atoms with Crippen LogP contribution in [-0.2, 0) is 0 Å². The minimum absolute atomic E-state index is 0.179. The van der Waals surface area contributed by atoms with Crippen LogP contribution in [0.5, 0.6) is 11.6 Å². The fourth-order valence-electron chi connectivity index (χ4n) is 1.33. The van der Waals surface area contributed by atoms with Gasteiger partial charge in [-0.15, -0.1) is 11.8 Å². The molecule has 0 unspecified atom stereocenters. The zero-order valence-electron chi connectivity index (χ0n) is 9.74. The van der Waals surface area contributed by atoms with E-state index in [1.807, 2.05) is 18.4 Å². The minimum atomic E-state index is -0.673. The van der Waals surface area contributed by atoms with Gasteiger partial charge in [-0.2, -0.15) is 4.98 Å². The van der Waals surface area contributed by atoms with Crippen LogP contribution >= 0.6 is 23.4 Å². The quantitative estimate of drug-likeness (QED) is 0.372. The van der Waals surface area contributed by atoms with Gasteiger partial charge in [0.15, 0.2) is 0 Å². The number of rotatable bonds is 4. The Balaban J connectivity index is 2.32. The monoisotopic (exact) mass is 297 g/mol. The molecule has 1 aromatic heterocycles. The molecule has 19 heavy (non-hydrogen) atoms. The molecule has 0 fully saturated rings. The average Bonchev–Trinajstić information content (AvgIpc) is 2.39. The standard InChI is InChI=1S/C11H8ClN3O3S/c1-19-8-4-2-7(3-5-8)18-11-9(15(16)17)10(12)13-6-14-11/h2-6H,1H3. The summed E-state index contributed by atoms with van der Waals surface area (Å²) in [4.78, 5) is 18.6. The highest BCUT2D eigenvalue weighted by atomic mass is 35.5. The molecule has 0 aliphatic rings. The number of benzene rings is 1. The van der Waals surface area contributed by atoms with E-state index in [0.717, 1.165) is 11.2 Å². The van der Waals surface area contributed by atoms with Crippen molar-refractivity contribution in [1.82, 2.24) is 9.97 Å². The van der Waals surface area contributed by atoms with Gasteiger partial charge in [-0.05, 0) is 30.5 Å². The lowest BCUT2D eigenvalue weighted by Gasteiger charge is -2.05. The average molecular weight is 298 g/mol. The maximum absolute atomic E-state index is 10.9. The largest absolute Gasteiger partial charge is 0.434 e. The van der Waals surface area contributed by atoms with Crippen molar-refractivity contribution >= 4 is 29.1 Å². The third kappa shape index (κ3) is 3.12. The van der Waals surface area contributed by atoms with Gasteiger partial charge in [-0.3, -0.25) is 10.1 Å². The van der Waals surface area contributed by atoms with Crippen molar-refractivity contribution in [3.8, 4) is 11.6 Å². The molecular weight excluding hydrogens is 290 g/mol. The van der Waals surface area contributed by atoms with E-state index >= 15 is 0 Å². The zero-order valence-corrected chi connectivity index (χ0v) is 11.3. The van der Waals surface area contributed by atoms with Crippen LogP contribution in [0.15, 0.2) is 35.5 Å². The van der Waals surface area contributed by atoms with Gasteiger partial charge in [0.25, 0.3) is 0 Å². The van der Waals surface area contributed by atoms with Gasteiger partial charge in [0, 0.05) is 4.90 Å². The van der Waals surface area contributed by atoms with Crippen molar-refractivity contribution in [3.63, 3.8) is 0 Å². The Morgan fingerprint density at radius 2 is 2.00 bits per heavy atom. The number of thioether (sulfide) groups is 1. The van der Waals surface area contributed by atoms with Crippen LogP contribution in [-0.4, -0.2) is 21.1 Å². The molecule has 6 nitrogen and oxygen atoms in total. The van der Waals surface area contributed by atoms with E-state index in [1.165, 1.54) is 0 Å². The third-order valence-electron chi connectivity index (χ3n) is 2.20. The third-order valence-corrected chi connectivity index (χ3v) is 3.22. The summed E-state index contributed by atoms with van der Waals surface area (Å²) >= 11 is 7.25. The van der Waals surface area contributed by atoms with Gasteiger partial charge >= 0.3 is 11.6 Å². The van der Waals surface area contributed by atoms with E-state index in [4.69, 9.17) is 16.3 Å². The van der Waals surface area contributed by atoms with Crippen LogP contribution in [0.1, 0.15) is 0 Å². The summed E-state index contributed by atoms with van der Waals surface area (Å²) in [6, 6.07) is 7.08. The summed E-state index contributed by atoms with van der Waals surface area (Å²) < 4.78 is 5.36. The summed E-state index contributed by atoms with van der Waals surface area (Å²) in [6.45, 7) is 0. The van der Waals surface area contributed by atoms with Gasteiger partial charge in [0.05, 0.1) is 4.92 Å². The molecule has 1 aromatic carbocycles. The molecule has 8 heteroatoms. The highest BCUT2D eigenvalue weighted by molar-refractivity contribution is 7.98. The Morgan fingerprint density at radius 1 is 1.32 bits per heavy atom. The Morgan fingerprint density at radius 3 is 2.58 bits per heavy atom. The first-order valence-electron chi connectivity index (χ1n) is 5.08. The SMILES string of the molecule is CSc1ccc(Oc2ncnc(Cl)c2[N+](=O)[O-])cc1. The predicted octanol–water partition coefficient (Wildman–Crippen LogP) is 3.55. The zero-order chi connectivity index (χ0) is 13.8. The van der Waals surface area contributed by atoms with E-state index in [-0.39, 0.29) is 11.0 Å². The highest BCUT2D eigenvalue weighted by Crippen LogP contribution is 2.33. The Kier molecular flexibility index (Phi) is 4.18. The van der Waals surface area contributed by atoms with E-state index < -0.39 is 10.6 Å². The van der Waals surface area contributed by atoms with Crippen LogP contribution in [0, 0.1) is 10.1 Å². The van der Waals surface area contributed by atoms with E-state index in [0.29, 0.717) is 5.75 Å². The topological polar surface area (TPSA) is 78.2 Å². The molecule has 0 atom stereocenters. The molecule has 0 radical (unpaired) electrons. The van der Waals surface area contributed by atoms with Crippen LogP contribution < -0.4 is 4.74 Å². The minimum Gasteiger partial charge on any atom is -0.434 e. The Bertz CT molecular complexity index is 607. The smallest absolute Gasteiger partial charge is 0.368 e. The van der Waals surface area contributed by atoms with Crippen molar-refractivity contribution in [2.75, 3.05) is 6.26 Å². The summed E-state index contributed by atoms with van der Waals surface area (Å²) in [5.74, 6) is 0.262. The molecule has 0 amide bonds. The lowest BCUT2D eigenvalue weighted by atomic mass is 10.3. The van der Waals surface area contributed by atoms with Crippen molar-refractivity contribution in [2.24, 2.45) is 0 Å². The second-order valence-corrected chi connectivity index (χ2v) is 4.59. The number of nitro groups is 1. The highest BCUT2D eigenvalue weighted by Gasteiger charge is 2.23. The molecule has 0 aliphatic carbocycles. The number of aromatic nitrogens is 2. The van der Waals surface area contributed by atoms with Gasteiger partial charge in [0.2, 0.25) is 5.15 Å². The molecule has 0 aliphatic heterocycles. The number of hydrogen-bond acceptors (Lipinski definition) is 6. The lowest BCUT2D eigenvalue weighted by Crippen LogP contribution is -1.98. The molecule has 0 saturated heterocycles. The predicted molar refractivity (Wildman–Crippen MR) is 72.0 cm³/mol. The fraction of sp³-hybridized carbons (Fsp3) is 0.0909. The van der Waals surface area contributed by atoms with E-state index in [2.05, 4.69) is 9.97 Å². The van der Waals surface area contributed by atoms with Crippen molar-refractivity contribution in [1.29, 1.82) is 0 Å². The number of halogens is 1. The molecule has 2 aromatic rings. The van der Waals surface area contributed by atoms with Gasteiger partial charge < -0.3 is 4.74 Å².